The van der Waals surface area contributed by atoms with Gasteiger partial charge in [0.25, 0.3) is 0 Å². The number of thioether (sulfide) groups is 1. The molecular formula is C11H22N4S2. The third-order valence-corrected chi connectivity index (χ3v) is 4.48. The molecule has 0 spiro atoms. The maximum atomic E-state index is 4.16. The van der Waals surface area contributed by atoms with Crippen molar-refractivity contribution in [2.75, 3.05) is 37.2 Å². The average Bonchev–Trinajstić information content (AvgIpc) is 2.78. The second-order valence-corrected chi connectivity index (χ2v) is 5.78. The predicted molar refractivity (Wildman–Crippen MR) is 78.0 cm³/mol. The minimum atomic E-state index is 0.906. The summed E-state index contributed by atoms with van der Waals surface area (Å²) in [5.41, 5.74) is 0. The minimum absolute atomic E-state index is 0.906. The molecule has 0 fully saturated rings. The zero-order valence-electron chi connectivity index (χ0n) is 10.9. The van der Waals surface area contributed by atoms with Gasteiger partial charge in [0.1, 0.15) is 5.01 Å². The molecule has 1 aromatic rings. The summed E-state index contributed by atoms with van der Waals surface area (Å²) in [4.78, 5) is 2.44. The molecule has 0 aliphatic rings. The van der Waals surface area contributed by atoms with E-state index in [1.165, 1.54) is 0 Å². The SMILES string of the molecule is CCNc1nnc(CSCCN(CC)CC)s1. The van der Waals surface area contributed by atoms with E-state index in [0.717, 1.165) is 47.8 Å². The van der Waals surface area contributed by atoms with Gasteiger partial charge in [-0.05, 0) is 20.0 Å². The normalized spacial score (nSPS) is 11.1. The average molecular weight is 274 g/mol. The van der Waals surface area contributed by atoms with Crippen LogP contribution in [0.1, 0.15) is 25.8 Å². The Labute approximate surface area is 112 Å². The van der Waals surface area contributed by atoms with Gasteiger partial charge in [0, 0.05) is 24.6 Å². The molecule has 0 amide bonds. The summed E-state index contributed by atoms with van der Waals surface area (Å²) in [6.07, 6.45) is 0. The van der Waals surface area contributed by atoms with Gasteiger partial charge in [0.05, 0.1) is 0 Å². The summed E-state index contributed by atoms with van der Waals surface area (Å²) in [5.74, 6) is 2.14. The van der Waals surface area contributed by atoms with Crippen LogP contribution in [0.3, 0.4) is 0 Å². The molecule has 4 nitrogen and oxygen atoms in total. The number of aromatic nitrogens is 2. The fourth-order valence-electron chi connectivity index (χ4n) is 1.43. The van der Waals surface area contributed by atoms with E-state index < -0.39 is 0 Å². The second-order valence-electron chi connectivity index (χ2n) is 3.61. The Kier molecular flexibility index (Phi) is 7.55. The fourth-order valence-corrected chi connectivity index (χ4v) is 3.28. The summed E-state index contributed by atoms with van der Waals surface area (Å²) >= 11 is 3.60. The van der Waals surface area contributed by atoms with Crippen LogP contribution in [0.15, 0.2) is 0 Å². The van der Waals surface area contributed by atoms with Crippen molar-refractivity contribution in [3.8, 4) is 0 Å². The van der Waals surface area contributed by atoms with Gasteiger partial charge in [-0.3, -0.25) is 0 Å². The van der Waals surface area contributed by atoms with Crippen molar-refractivity contribution in [2.24, 2.45) is 0 Å². The topological polar surface area (TPSA) is 41.1 Å². The number of hydrogen-bond donors (Lipinski definition) is 1. The van der Waals surface area contributed by atoms with Crippen LogP contribution >= 0.6 is 23.1 Å². The van der Waals surface area contributed by atoms with Gasteiger partial charge in [-0.1, -0.05) is 25.2 Å². The van der Waals surface area contributed by atoms with E-state index in [2.05, 4.69) is 41.2 Å². The highest BCUT2D eigenvalue weighted by molar-refractivity contribution is 7.98. The number of anilines is 1. The van der Waals surface area contributed by atoms with Crippen molar-refractivity contribution in [1.82, 2.24) is 15.1 Å². The van der Waals surface area contributed by atoms with E-state index >= 15 is 0 Å². The van der Waals surface area contributed by atoms with Crippen molar-refractivity contribution in [1.29, 1.82) is 0 Å². The van der Waals surface area contributed by atoms with E-state index in [4.69, 9.17) is 0 Å². The van der Waals surface area contributed by atoms with Crippen LogP contribution < -0.4 is 5.32 Å². The van der Waals surface area contributed by atoms with Crippen LogP contribution in [0.25, 0.3) is 0 Å². The van der Waals surface area contributed by atoms with E-state index in [1.54, 1.807) is 11.3 Å². The molecule has 0 bridgehead atoms. The van der Waals surface area contributed by atoms with Gasteiger partial charge >= 0.3 is 0 Å². The highest BCUT2D eigenvalue weighted by Crippen LogP contribution is 2.19. The van der Waals surface area contributed by atoms with Crippen LogP contribution in [-0.2, 0) is 5.75 Å². The third kappa shape index (κ3) is 5.70. The molecule has 0 unspecified atom stereocenters. The van der Waals surface area contributed by atoms with E-state index in [-0.39, 0.29) is 0 Å². The maximum absolute atomic E-state index is 4.16. The lowest BCUT2D eigenvalue weighted by Crippen LogP contribution is -2.25. The number of nitrogens with zero attached hydrogens (tertiary/aromatic N) is 3. The van der Waals surface area contributed by atoms with Gasteiger partial charge in [-0.15, -0.1) is 10.2 Å². The van der Waals surface area contributed by atoms with Gasteiger partial charge in [-0.2, -0.15) is 11.8 Å². The van der Waals surface area contributed by atoms with Crippen molar-refractivity contribution < 1.29 is 0 Å². The number of hydrogen-bond acceptors (Lipinski definition) is 6. The first-order chi connectivity index (χ1) is 8.30. The van der Waals surface area contributed by atoms with E-state index in [0.29, 0.717) is 0 Å². The van der Waals surface area contributed by atoms with Gasteiger partial charge < -0.3 is 10.2 Å². The van der Waals surface area contributed by atoms with Crippen molar-refractivity contribution in [2.45, 2.75) is 26.5 Å². The van der Waals surface area contributed by atoms with E-state index in [9.17, 15) is 0 Å². The second kappa shape index (κ2) is 8.72. The van der Waals surface area contributed by atoms with E-state index in [1.807, 2.05) is 11.8 Å². The molecule has 0 aliphatic carbocycles. The molecule has 0 aromatic carbocycles. The molecule has 1 rings (SSSR count). The Morgan fingerprint density at radius 3 is 2.65 bits per heavy atom. The summed E-state index contributed by atoms with van der Waals surface area (Å²) in [6.45, 7) is 10.8. The molecule has 0 atom stereocenters. The molecule has 6 heteroatoms. The lowest BCUT2D eigenvalue weighted by molar-refractivity contribution is 0.324. The summed E-state index contributed by atoms with van der Waals surface area (Å²) < 4.78 is 0. The van der Waals surface area contributed by atoms with Crippen molar-refractivity contribution in [3.63, 3.8) is 0 Å². The highest BCUT2D eigenvalue weighted by atomic mass is 32.2. The van der Waals surface area contributed by atoms with Crippen LogP contribution in [0, 0.1) is 0 Å². The summed E-state index contributed by atoms with van der Waals surface area (Å²) in [7, 11) is 0. The number of nitrogens with one attached hydrogen (secondary N) is 1. The first-order valence-corrected chi connectivity index (χ1v) is 8.13. The molecule has 1 heterocycles. The lowest BCUT2D eigenvalue weighted by atomic mass is 10.5. The van der Waals surface area contributed by atoms with Crippen molar-refractivity contribution >= 4 is 28.2 Å². The molecular weight excluding hydrogens is 252 g/mol. The number of rotatable bonds is 9. The quantitative estimate of drug-likeness (QED) is 0.701. The molecule has 98 valence electrons. The lowest BCUT2D eigenvalue weighted by Gasteiger charge is -2.16. The third-order valence-electron chi connectivity index (χ3n) is 2.47. The first kappa shape index (κ1) is 14.7. The molecule has 0 saturated carbocycles. The smallest absolute Gasteiger partial charge is 0.205 e. The van der Waals surface area contributed by atoms with Crippen LogP contribution in [-0.4, -0.2) is 47.0 Å². The Balaban J connectivity index is 2.17. The summed E-state index contributed by atoms with van der Waals surface area (Å²) in [5, 5.41) is 13.5. The Morgan fingerprint density at radius 1 is 1.24 bits per heavy atom. The fraction of sp³-hybridized carbons (Fsp3) is 0.818. The molecule has 0 radical (unpaired) electrons. The summed E-state index contributed by atoms with van der Waals surface area (Å²) in [6, 6.07) is 0. The van der Waals surface area contributed by atoms with Crippen LogP contribution in [0.2, 0.25) is 0 Å². The Hall–Kier alpha value is -0.330. The minimum Gasteiger partial charge on any atom is -0.360 e. The largest absolute Gasteiger partial charge is 0.360 e. The molecule has 1 aromatic heterocycles. The Bertz CT molecular complexity index is 299. The predicted octanol–water partition coefficient (Wildman–Crippen LogP) is 2.54. The monoisotopic (exact) mass is 274 g/mol. The maximum Gasteiger partial charge on any atom is 0.205 e. The molecule has 17 heavy (non-hydrogen) atoms. The standard InChI is InChI=1S/C11H22N4S2/c1-4-12-11-14-13-10(17-11)9-16-8-7-15(5-2)6-3/h4-9H2,1-3H3,(H,12,14). The molecule has 1 N–H and O–H groups in total. The highest BCUT2D eigenvalue weighted by Gasteiger charge is 2.04. The van der Waals surface area contributed by atoms with Crippen LogP contribution in [0.5, 0.6) is 0 Å². The van der Waals surface area contributed by atoms with Gasteiger partial charge in [-0.25, -0.2) is 0 Å². The molecule has 0 saturated heterocycles. The van der Waals surface area contributed by atoms with Gasteiger partial charge in [0.2, 0.25) is 5.13 Å². The molecule has 0 aliphatic heterocycles. The first-order valence-electron chi connectivity index (χ1n) is 6.16. The van der Waals surface area contributed by atoms with Crippen molar-refractivity contribution in [3.05, 3.63) is 5.01 Å². The van der Waals surface area contributed by atoms with Crippen LogP contribution in [0.4, 0.5) is 5.13 Å². The van der Waals surface area contributed by atoms with Gasteiger partial charge in [0.15, 0.2) is 0 Å². The zero-order chi connectivity index (χ0) is 12.5. The Morgan fingerprint density at radius 2 is 2.00 bits per heavy atom. The zero-order valence-corrected chi connectivity index (χ0v) is 12.5.